The van der Waals surface area contributed by atoms with Crippen molar-refractivity contribution < 1.29 is 9.90 Å². The first-order chi connectivity index (χ1) is 12.2. The quantitative estimate of drug-likeness (QED) is 0.188. The normalized spacial score (nSPS) is 11.8. The van der Waals surface area contributed by atoms with Crippen molar-refractivity contribution in [2.75, 3.05) is 0 Å². The van der Waals surface area contributed by atoms with Crippen LogP contribution >= 0.6 is 0 Å². The third-order valence-electron chi connectivity index (χ3n) is 5.17. The molecule has 0 unspecified atom stereocenters. The van der Waals surface area contributed by atoms with Gasteiger partial charge in [0.2, 0.25) is 0 Å². The van der Waals surface area contributed by atoms with Gasteiger partial charge in [0.25, 0.3) is 0 Å². The van der Waals surface area contributed by atoms with Crippen LogP contribution in [0.3, 0.4) is 0 Å². The molecule has 0 amide bonds. The molecule has 0 radical (unpaired) electrons. The first kappa shape index (κ1) is 24.2. The molecule has 0 aromatic carbocycles. The van der Waals surface area contributed by atoms with E-state index in [9.17, 15) is 4.79 Å². The van der Waals surface area contributed by atoms with Crippen LogP contribution in [-0.2, 0) is 4.79 Å². The van der Waals surface area contributed by atoms with Gasteiger partial charge in [-0.05, 0) is 19.8 Å². The molecule has 0 aliphatic carbocycles. The highest BCUT2D eigenvalue weighted by molar-refractivity contribution is 5.86. The molecule has 148 valence electrons. The smallest absolute Gasteiger partial charge is 0.331 e. The SMILES string of the molecule is CC=C(CCCCCCCCCCCCCCCCCCC)C(=O)O. The molecule has 2 heteroatoms. The Morgan fingerprint density at radius 3 is 1.24 bits per heavy atom. The zero-order chi connectivity index (χ0) is 18.6. The van der Waals surface area contributed by atoms with Crippen LogP contribution in [0.4, 0.5) is 0 Å². The average Bonchev–Trinajstić information content (AvgIpc) is 2.60. The Balaban J connectivity index is 3.13. The zero-order valence-corrected chi connectivity index (χ0v) is 17.2. The van der Waals surface area contributed by atoms with Gasteiger partial charge in [0.15, 0.2) is 0 Å². The molecule has 0 aliphatic rings. The van der Waals surface area contributed by atoms with Gasteiger partial charge in [0.05, 0.1) is 0 Å². The van der Waals surface area contributed by atoms with E-state index in [0.717, 1.165) is 12.8 Å². The Bertz CT molecular complexity index is 320. The summed E-state index contributed by atoms with van der Waals surface area (Å²) in [6, 6.07) is 0. The topological polar surface area (TPSA) is 37.3 Å². The second-order valence-corrected chi connectivity index (χ2v) is 7.53. The highest BCUT2D eigenvalue weighted by Gasteiger charge is 2.04. The molecule has 0 saturated carbocycles. The minimum atomic E-state index is -0.751. The number of allylic oxidation sites excluding steroid dienone is 1. The van der Waals surface area contributed by atoms with Gasteiger partial charge in [0.1, 0.15) is 0 Å². The van der Waals surface area contributed by atoms with E-state index < -0.39 is 5.97 Å². The lowest BCUT2D eigenvalue weighted by Gasteiger charge is -2.04. The summed E-state index contributed by atoms with van der Waals surface area (Å²) >= 11 is 0. The Morgan fingerprint density at radius 1 is 0.640 bits per heavy atom. The van der Waals surface area contributed by atoms with Crippen LogP contribution < -0.4 is 0 Å². The van der Waals surface area contributed by atoms with E-state index in [1.165, 1.54) is 103 Å². The van der Waals surface area contributed by atoms with Crippen molar-refractivity contribution in [3.63, 3.8) is 0 Å². The summed E-state index contributed by atoms with van der Waals surface area (Å²) in [6.45, 7) is 4.10. The summed E-state index contributed by atoms with van der Waals surface area (Å²) < 4.78 is 0. The summed E-state index contributed by atoms with van der Waals surface area (Å²) in [6.07, 6.45) is 25.6. The monoisotopic (exact) mass is 352 g/mol. The number of unbranched alkanes of at least 4 members (excludes halogenated alkanes) is 16. The molecule has 0 rings (SSSR count). The molecule has 0 saturated heterocycles. The van der Waals surface area contributed by atoms with Crippen molar-refractivity contribution in [3.05, 3.63) is 11.6 Å². The summed E-state index contributed by atoms with van der Waals surface area (Å²) in [4.78, 5) is 10.9. The Kier molecular flexibility index (Phi) is 18.9. The fraction of sp³-hybridized carbons (Fsp3) is 0.870. The van der Waals surface area contributed by atoms with E-state index in [1.807, 2.05) is 6.92 Å². The lowest BCUT2D eigenvalue weighted by Crippen LogP contribution is -1.99. The molecular weight excluding hydrogens is 308 g/mol. The second-order valence-electron chi connectivity index (χ2n) is 7.53. The standard InChI is InChI=1S/C23H44O2/c1-3-5-6-7-8-9-10-11-12-13-14-15-16-17-18-19-20-21-22(4-2)23(24)25/h4H,3,5-21H2,1-2H3,(H,24,25). The van der Waals surface area contributed by atoms with Gasteiger partial charge in [-0.2, -0.15) is 0 Å². The average molecular weight is 353 g/mol. The van der Waals surface area contributed by atoms with Crippen molar-refractivity contribution in [3.8, 4) is 0 Å². The molecule has 25 heavy (non-hydrogen) atoms. The maximum atomic E-state index is 10.9. The van der Waals surface area contributed by atoms with Crippen LogP contribution in [0.25, 0.3) is 0 Å². The number of aliphatic carboxylic acids is 1. The number of carboxylic acid groups (broad SMARTS) is 1. The lowest BCUT2D eigenvalue weighted by molar-refractivity contribution is -0.132. The molecule has 0 bridgehead atoms. The number of rotatable bonds is 19. The summed E-state index contributed by atoms with van der Waals surface area (Å²) in [5.74, 6) is -0.751. The number of carbonyl (C=O) groups is 1. The van der Waals surface area contributed by atoms with Crippen molar-refractivity contribution in [2.24, 2.45) is 0 Å². The molecule has 0 aromatic heterocycles. The fourth-order valence-electron chi connectivity index (χ4n) is 3.42. The van der Waals surface area contributed by atoms with Crippen molar-refractivity contribution in [1.29, 1.82) is 0 Å². The molecular formula is C23H44O2. The van der Waals surface area contributed by atoms with Crippen molar-refractivity contribution in [2.45, 2.75) is 129 Å². The van der Waals surface area contributed by atoms with Gasteiger partial charge in [0, 0.05) is 5.57 Å². The molecule has 0 fully saturated rings. The molecule has 0 heterocycles. The van der Waals surface area contributed by atoms with Crippen molar-refractivity contribution >= 4 is 5.97 Å². The highest BCUT2D eigenvalue weighted by atomic mass is 16.4. The van der Waals surface area contributed by atoms with Gasteiger partial charge in [-0.3, -0.25) is 0 Å². The number of hydrogen-bond donors (Lipinski definition) is 1. The predicted molar refractivity (Wildman–Crippen MR) is 110 cm³/mol. The van der Waals surface area contributed by atoms with E-state index in [4.69, 9.17) is 5.11 Å². The summed E-state index contributed by atoms with van der Waals surface area (Å²) in [5, 5.41) is 8.94. The van der Waals surface area contributed by atoms with Crippen molar-refractivity contribution in [1.82, 2.24) is 0 Å². The molecule has 0 aliphatic heterocycles. The largest absolute Gasteiger partial charge is 0.478 e. The minimum Gasteiger partial charge on any atom is -0.478 e. The first-order valence-electron chi connectivity index (χ1n) is 11.1. The number of hydrogen-bond acceptors (Lipinski definition) is 1. The van der Waals surface area contributed by atoms with Crippen LogP contribution in [0, 0.1) is 0 Å². The molecule has 0 spiro atoms. The summed E-state index contributed by atoms with van der Waals surface area (Å²) in [7, 11) is 0. The van der Waals surface area contributed by atoms with Gasteiger partial charge in [-0.1, -0.05) is 116 Å². The van der Waals surface area contributed by atoms with Gasteiger partial charge in [-0.15, -0.1) is 0 Å². The van der Waals surface area contributed by atoms with E-state index in [-0.39, 0.29) is 0 Å². The van der Waals surface area contributed by atoms with E-state index in [0.29, 0.717) is 5.57 Å². The Morgan fingerprint density at radius 2 is 0.960 bits per heavy atom. The molecule has 0 aromatic rings. The second kappa shape index (κ2) is 19.5. The molecule has 2 nitrogen and oxygen atoms in total. The summed E-state index contributed by atoms with van der Waals surface area (Å²) in [5.41, 5.74) is 0.570. The molecule has 0 atom stereocenters. The van der Waals surface area contributed by atoms with E-state index in [1.54, 1.807) is 6.08 Å². The van der Waals surface area contributed by atoms with Gasteiger partial charge >= 0.3 is 5.97 Å². The lowest BCUT2D eigenvalue weighted by atomic mass is 10.0. The maximum absolute atomic E-state index is 10.9. The third kappa shape index (κ3) is 17.8. The van der Waals surface area contributed by atoms with E-state index in [2.05, 4.69) is 6.92 Å². The Labute approximate surface area is 157 Å². The first-order valence-corrected chi connectivity index (χ1v) is 11.1. The zero-order valence-electron chi connectivity index (χ0n) is 17.2. The molecule has 1 N–H and O–H groups in total. The van der Waals surface area contributed by atoms with Gasteiger partial charge in [-0.25, -0.2) is 4.79 Å². The maximum Gasteiger partial charge on any atom is 0.331 e. The van der Waals surface area contributed by atoms with Crippen LogP contribution in [0.1, 0.15) is 129 Å². The predicted octanol–water partition coefficient (Wildman–Crippen LogP) is 8.06. The fourth-order valence-corrected chi connectivity index (χ4v) is 3.42. The van der Waals surface area contributed by atoms with Crippen LogP contribution in [0.15, 0.2) is 11.6 Å². The van der Waals surface area contributed by atoms with E-state index >= 15 is 0 Å². The van der Waals surface area contributed by atoms with Gasteiger partial charge < -0.3 is 5.11 Å². The third-order valence-corrected chi connectivity index (χ3v) is 5.17. The van der Waals surface area contributed by atoms with Crippen LogP contribution in [0.2, 0.25) is 0 Å². The highest BCUT2D eigenvalue weighted by Crippen LogP contribution is 2.15. The van der Waals surface area contributed by atoms with Crippen LogP contribution in [0.5, 0.6) is 0 Å². The Hall–Kier alpha value is -0.790. The minimum absolute atomic E-state index is 0.570. The number of carboxylic acids is 1. The van der Waals surface area contributed by atoms with Crippen LogP contribution in [-0.4, -0.2) is 11.1 Å².